The number of ether oxygens (including phenoxy) is 1. The molecule has 1 atom stereocenters. The van der Waals surface area contributed by atoms with Gasteiger partial charge in [-0.1, -0.05) is 25.4 Å². The van der Waals surface area contributed by atoms with Gasteiger partial charge in [0.1, 0.15) is 12.6 Å². The third kappa shape index (κ3) is 5.35. The lowest BCUT2D eigenvalue weighted by molar-refractivity contribution is -0.125. The van der Waals surface area contributed by atoms with E-state index >= 15 is 0 Å². The SMILES string of the molecule is CC(C)C(NC(=O)c1ccc(Cl)s1)C(=O)Nc1ccc(N2CCOCC2=O)cc1. The molecule has 0 aliphatic carbocycles. The van der Waals surface area contributed by atoms with Gasteiger partial charge < -0.3 is 20.3 Å². The van der Waals surface area contributed by atoms with Gasteiger partial charge in [0.15, 0.2) is 0 Å². The number of hydrogen-bond acceptors (Lipinski definition) is 5. The van der Waals surface area contributed by atoms with Crippen LogP contribution in [0.2, 0.25) is 4.34 Å². The lowest BCUT2D eigenvalue weighted by atomic mass is 10.0. The van der Waals surface area contributed by atoms with Crippen molar-refractivity contribution in [2.75, 3.05) is 30.0 Å². The van der Waals surface area contributed by atoms with Gasteiger partial charge in [-0.3, -0.25) is 14.4 Å². The molecule has 29 heavy (non-hydrogen) atoms. The van der Waals surface area contributed by atoms with E-state index in [0.717, 1.165) is 17.0 Å². The fourth-order valence-corrected chi connectivity index (χ4v) is 3.87. The van der Waals surface area contributed by atoms with Gasteiger partial charge in [0.25, 0.3) is 11.8 Å². The molecule has 1 fully saturated rings. The maximum Gasteiger partial charge on any atom is 0.262 e. The zero-order chi connectivity index (χ0) is 21.0. The fourth-order valence-electron chi connectivity index (χ4n) is 2.92. The molecular formula is C20H22ClN3O4S. The Kier molecular flexibility index (Phi) is 6.89. The Balaban J connectivity index is 1.65. The predicted octanol–water partition coefficient (Wildman–Crippen LogP) is 3.16. The molecule has 0 bridgehead atoms. The molecule has 1 saturated heterocycles. The highest BCUT2D eigenvalue weighted by Gasteiger charge is 2.26. The Bertz CT molecular complexity index is 897. The van der Waals surface area contributed by atoms with E-state index in [2.05, 4.69) is 10.6 Å². The third-order valence-corrected chi connectivity index (χ3v) is 5.69. The van der Waals surface area contributed by atoms with Crippen molar-refractivity contribution < 1.29 is 19.1 Å². The molecular weight excluding hydrogens is 414 g/mol. The molecule has 2 N–H and O–H groups in total. The molecule has 1 aliphatic rings. The van der Waals surface area contributed by atoms with E-state index in [0.29, 0.717) is 28.1 Å². The van der Waals surface area contributed by atoms with Gasteiger partial charge in [0, 0.05) is 17.9 Å². The number of rotatable bonds is 6. The summed E-state index contributed by atoms with van der Waals surface area (Å²) in [6.45, 7) is 4.79. The topological polar surface area (TPSA) is 87.7 Å². The highest BCUT2D eigenvalue weighted by Crippen LogP contribution is 2.22. The van der Waals surface area contributed by atoms with E-state index in [-0.39, 0.29) is 30.2 Å². The Morgan fingerprint density at radius 2 is 1.90 bits per heavy atom. The van der Waals surface area contributed by atoms with Crippen LogP contribution in [0.15, 0.2) is 36.4 Å². The lowest BCUT2D eigenvalue weighted by Crippen LogP contribution is -2.47. The summed E-state index contributed by atoms with van der Waals surface area (Å²) < 4.78 is 5.65. The van der Waals surface area contributed by atoms with E-state index in [9.17, 15) is 14.4 Å². The minimum absolute atomic E-state index is 0.0731. The smallest absolute Gasteiger partial charge is 0.262 e. The van der Waals surface area contributed by atoms with Crippen LogP contribution < -0.4 is 15.5 Å². The van der Waals surface area contributed by atoms with E-state index in [1.165, 1.54) is 0 Å². The number of carbonyl (C=O) groups is 3. The van der Waals surface area contributed by atoms with Gasteiger partial charge in [0.05, 0.1) is 15.8 Å². The van der Waals surface area contributed by atoms with E-state index < -0.39 is 6.04 Å². The number of halogens is 1. The zero-order valence-electron chi connectivity index (χ0n) is 16.1. The van der Waals surface area contributed by atoms with Crippen molar-refractivity contribution in [1.82, 2.24) is 5.32 Å². The number of nitrogens with zero attached hydrogens (tertiary/aromatic N) is 1. The molecule has 1 unspecified atom stereocenters. The molecule has 154 valence electrons. The van der Waals surface area contributed by atoms with Crippen molar-refractivity contribution >= 4 is 52.0 Å². The minimum atomic E-state index is -0.705. The second-order valence-electron chi connectivity index (χ2n) is 6.93. The number of hydrogen-bond donors (Lipinski definition) is 2. The second-order valence-corrected chi connectivity index (χ2v) is 8.65. The standard InChI is InChI=1S/C20H22ClN3O4S/c1-12(2)18(23-19(26)15-7-8-16(21)29-15)20(27)22-13-3-5-14(6-4-13)24-9-10-28-11-17(24)25/h3-8,12,18H,9-11H2,1-2H3,(H,22,27)(H,23,26). The Morgan fingerprint density at radius 1 is 1.17 bits per heavy atom. The molecule has 0 radical (unpaired) electrons. The van der Waals surface area contributed by atoms with Crippen molar-refractivity contribution in [3.63, 3.8) is 0 Å². The van der Waals surface area contributed by atoms with E-state index in [1.54, 1.807) is 41.3 Å². The Morgan fingerprint density at radius 3 is 2.48 bits per heavy atom. The summed E-state index contributed by atoms with van der Waals surface area (Å²) in [7, 11) is 0. The number of carbonyl (C=O) groups excluding carboxylic acids is 3. The summed E-state index contributed by atoms with van der Waals surface area (Å²) in [6.07, 6.45) is 0. The molecule has 1 aromatic heterocycles. The van der Waals surface area contributed by atoms with Crippen molar-refractivity contribution in [3.8, 4) is 0 Å². The minimum Gasteiger partial charge on any atom is -0.370 e. The molecule has 2 aromatic rings. The van der Waals surface area contributed by atoms with Gasteiger partial charge in [0.2, 0.25) is 5.91 Å². The maximum atomic E-state index is 12.7. The van der Waals surface area contributed by atoms with Crippen LogP contribution in [-0.4, -0.2) is 43.5 Å². The van der Waals surface area contributed by atoms with Crippen LogP contribution in [0.4, 0.5) is 11.4 Å². The summed E-state index contributed by atoms with van der Waals surface area (Å²) in [6, 6.07) is 9.58. The van der Waals surface area contributed by atoms with Crippen molar-refractivity contribution in [2.24, 2.45) is 5.92 Å². The molecule has 1 aliphatic heterocycles. The summed E-state index contributed by atoms with van der Waals surface area (Å²) in [4.78, 5) is 39.2. The van der Waals surface area contributed by atoms with Gasteiger partial charge in [-0.2, -0.15) is 0 Å². The number of anilines is 2. The molecule has 3 amide bonds. The first-order chi connectivity index (χ1) is 13.8. The quantitative estimate of drug-likeness (QED) is 0.729. The van der Waals surface area contributed by atoms with E-state index in [1.807, 2.05) is 13.8 Å². The van der Waals surface area contributed by atoms with Crippen LogP contribution >= 0.6 is 22.9 Å². The normalized spacial score (nSPS) is 15.3. The number of benzene rings is 1. The van der Waals surface area contributed by atoms with Crippen LogP contribution in [0.25, 0.3) is 0 Å². The van der Waals surface area contributed by atoms with E-state index in [4.69, 9.17) is 16.3 Å². The second kappa shape index (κ2) is 9.39. The van der Waals surface area contributed by atoms with Crippen molar-refractivity contribution in [2.45, 2.75) is 19.9 Å². The number of amides is 3. The number of nitrogens with one attached hydrogen (secondary N) is 2. The van der Waals surface area contributed by atoms with Gasteiger partial charge >= 0.3 is 0 Å². The fraction of sp³-hybridized carbons (Fsp3) is 0.350. The van der Waals surface area contributed by atoms with Gasteiger partial charge in [-0.05, 0) is 42.3 Å². The first kappa shape index (κ1) is 21.3. The van der Waals surface area contributed by atoms with Crippen LogP contribution in [0.1, 0.15) is 23.5 Å². The van der Waals surface area contributed by atoms with Gasteiger partial charge in [-0.25, -0.2) is 0 Å². The lowest BCUT2D eigenvalue weighted by Gasteiger charge is -2.27. The highest BCUT2D eigenvalue weighted by atomic mass is 35.5. The maximum absolute atomic E-state index is 12.7. The van der Waals surface area contributed by atoms with Crippen LogP contribution in [0.3, 0.4) is 0 Å². The van der Waals surface area contributed by atoms with Gasteiger partial charge in [-0.15, -0.1) is 11.3 Å². The van der Waals surface area contributed by atoms with Crippen molar-refractivity contribution in [3.05, 3.63) is 45.6 Å². The molecule has 0 spiro atoms. The number of morpholine rings is 1. The monoisotopic (exact) mass is 435 g/mol. The molecule has 2 heterocycles. The first-order valence-electron chi connectivity index (χ1n) is 9.20. The Labute approximate surface area is 178 Å². The predicted molar refractivity (Wildman–Crippen MR) is 114 cm³/mol. The summed E-state index contributed by atoms with van der Waals surface area (Å²) in [5.74, 6) is -0.855. The summed E-state index contributed by atoms with van der Waals surface area (Å²) in [5.41, 5.74) is 1.33. The largest absolute Gasteiger partial charge is 0.370 e. The van der Waals surface area contributed by atoms with Crippen LogP contribution in [0.5, 0.6) is 0 Å². The molecule has 0 saturated carbocycles. The van der Waals surface area contributed by atoms with Crippen LogP contribution in [-0.2, 0) is 14.3 Å². The molecule has 1 aromatic carbocycles. The van der Waals surface area contributed by atoms with Crippen LogP contribution in [0, 0.1) is 5.92 Å². The number of thiophene rings is 1. The Hall–Kier alpha value is -2.42. The van der Waals surface area contributed by atoms with Crippen molar-refractivity contribution in [1.29, 1.82) is 0 Å². The average Bonchev–Trinajstić information content (AvgIpc) is 3.13. The zero-order valence-corrected chi connectivity index (χ0v) is 17.7. The third-order valence-electron chi connectivity index (χ3n) is 4.47. The molecule has 7 nitrogen and oxygen atoms in total. The molecule has 3 rings (SSSR count). The summed E-state index contributed by atoms with van der Waals surface area (Å²) >= 11 is 7.04. The average molecular weight is 436 g/mol. The summed E-state index contributed by atoms with van der Waals surface area (Å²) in [5, 5.41) is 5.59. The highest BCUT2D eigenvalue weighted by molar-refractivity contribution is 7.18. The molecule has 9 heteroatoms. The first-order valence-corrected chi connectivity index (χ1v) is 10.4.